The van der Waals surface area contributed by atoms with E-state index in [0.29, 0.717) is 0 Å². The summed E-state index contributed by atoms with van der Waals surface area (Å²) in [7, 11) is 0. The number of halogens is 1. The first-order chi connectivity index (χ1) is 6.71. The molecule has 1 saturated carbocycles. The normalized spacial score (nSPS) is 18.7. The predicted molar refractivity (Wildman–Crippen MR) is 55.8 cm³/mol. The van der Waals surface area contributed by atoms with E-state index in [4.69, 9.17) is 5.73 Å². The Labute approximate surface area is 89.3 Å². The van der Waals surface area contributed by atoms with Gasteiger partial charge in [-0.25, -0.2) is 4.98 Å². The zero-order chi connectivity index (χ0) is 9.76. The van der Waals surface area contributed by atoms with Gasteiger partial charge in [0.05, 0.1) is 11.7 Å². The SMILES string of the molecule is NC1(c2nccn3c(Br)cnc23)CC1. The van der Waals surface area contributed by atoms with Crippen molar-refractivity contribution >= 4 is 21.6 Å². The smallest absolute Gasteiger partial charge is 0.161 e. The summed E-state index contributed by atoms with van der Waals surface area (Å²) >= 11 is 3.42. The van der Waals surface area contributed by atoms with Gasteiger partial charge in [-0.15, -0.1) is 0 Å². The monoisotopic (exact) mass is 252 g/mol. The first-order valence-corrected chi connectivity index (χ1v) is 5.27. The van der Waals surface area contributed by atoms with Crippen LogP contribution in [0.1, 0.15) is 18.5 Å². The lowest BCUT2D eigenvalue weighted by molar-refractivity contribution is 0.706. The lowest BCUT2D eigenvalue weighted by Crippen LogP contribution is -2.21. The molecule has 0 amide bonds. The van der Waals surface area contributed by atoms with Crippen LogP contribution in [0, 0.1) is 0 Å². The molecule has 2 aromatic rings. The fourth-order valence-electron chi connectivity index (χ4n) is 1.61. The average Bonchev–Trinajstić information content (AvgIpc) is 2.83. The number of nitrogens with zero attached hydrogens (tertiary/aromatic N) is 3. The van der Waals surface area contributed by atoms with Crippen molar-refractivity contribution in [3.8, 4) is 0 Å². The third kappa shape index (κ3) is 1.02. The van der Waals surface area contributed by atoms with E-state index in [9.17, 15) is 0 Å². The third-order valence-corrected chi connectivity index (χ3v) is 3.23. The minimum atomic E-state index is -0.229. The van der Waals surface area contributed by atoms with Gasteiger partial charge in [0.1, 0.15) is 10.3 Å². The van der Waals surface area contributed by atoms with Crippen molar-refractivity contribution in [2.24, 2.45) is 5.73 Å². The molecule has 0 atom stereocenters. The summed E-state index contributed by atoms with van der Waals surface area (Å²) in [5.74, 6) is 0. The summed E-state index contributed by atoms with van der Waals surface area (Å²) in [5.41, 5.74) is 7.65. The number of hydrogen-bond donors (Lipinski definition) is 1. The topological polar surface area (TPSA) is 56.2 Å². The van der Waals surface area contributed by atoms with Gasteiger partial charge in [-0.2, -0.15) is 0 Å². The molecule has 1 aliphatic carbocycles. The zero-order valence-electron chi connectivity index (χ0n) is 7.44. The molecular formula is C9H9BrN4. The molecule has 4 nitrogen and oxygen atoms in total. The van der Waals surface area contributed by atoms with Crippen molar-refractivity contribution in [1.29, 1.82) is 0 Å². The number of imidazole rings is 1. The minimum absolute atomic E-state index is 0.229. The third-order valence-electron chi connectivity index (χ3n) is 2.64. The van der Waals surface area contributed by atoms with Crippen molar-refractivity contribution in [3.05, 3.63) is 28.9 Å². The molecule has 2 heterocycles. The van der Waals surface area contributed by atoms with E-state index in [1.807, 2.05) is 10.6 Å². The Kier molecular flexibility index (Phi) is 1.52. The molecule has 0 aliphatic heterocycles. The maximum absolute atomic E-state index is 6.11. The number of aromatic nitrogens is 3. The molecule has 72 valence electrons. The van der Waals surface area contributed by atoms with Crippen molar-refractivity contribution < 1.29 is 0 Å². The molecule has 1 fully saturated rings. The van der Waals surface area contributed by atoms with Gasteiger partial charge in [0, 0.05) is 12.4 Å². The summed E-state index contributed by atoms with van der Waals surface area (Å²) in [6.45, 7) is 0. The maximum atomic E-state index is 6.11. The van der Waals surface area contributed by atoms with Crippen molar-refractivity contribution in [1.82, 2.24) is 14.4 Å². The van der Waals surface area contributed by atoms with Crippen LogP contribution < -0.4 is 5.73 Å². The van der Waals surface area contributed by atoms with Gasteiger partial charge in [0.25, 0.3) is 0 Å². The van der Waals surface area contributed by atoms with Gasteiger partial charge in [-0.3, -0.25) is 9.38 Å². The number of rotatable bonds is 1. The average molecular weight is 253 g/mol. The van der Waals surface area contributed by atoms with E-state index in [1.54, 1.807) is 12.4 Å². The molecule has 0 bridgehead atoms. The van der Waals surface area contributed by atoms with E-state index >= 15 is 0 Å². The first kappa shape index (κ1) is 8.38. The Morgan fingerprint density at radius 1 is 1.43 bits per heavy atom. The summed E-state index contributed by atoms with van der Waals surface area (Å²) < 4.78 is 2.88. The Balaban J connectivity index is 2.34. The van der Waals surface area contributed by atoms with Crippen LogP contribution in [0.4, 0.5) is 0 Å². The van der Waals surface area contributed by atoms with Crippen molar-refractivity contribution in [3.63, 3.8) is 0 Å². The maximum Gasteiger partial charge on any atom is 0.161 e. The largest absolute Gasteiger partial charge is 0.320 e. The van der Waals surface area contributed by atoms with E-state index in [1.165, 1.54) is 0 Å². The molecular weight excluding hydrogens is 244 g/mol. The molecule has 0 spiro atoms. The number of fused-ring (bicyclic) bond motifs is 1. The molecule has 1 aliphatic rings. The highest BCUT2D eigenvalue weighted by Gasteiger charge is 2.43. The summed E-state index contributed by atoms with van der Waals surface area (Å²) in [4.78, 5) is 8.62. The molecule has 2 aromatic heterocycles. The summed E-state index contributed by atoms with van der Waals surface area (Å²) in [5, 5.41) is 0. The van der Waals surface area contributed by atoms with Gasteiger partial charge >= 0.3 is 0 Å². The van der Waals surface area contributed by atoms with E-state index in [-0.39, 0.29) is 5.54 Å². The second-order valence-corrected chi connectivity index (χ2v) is 4.52. The summed E-state index contributed by atoms with van der Waals surface area (Å²) in [6.07, 6.45) is 7.42. The molecule has 2 N–H and O–H groups in total. The van der Waals surface area contributed by atoms with Crippen LogP contribution in [0.25, 0.3) is 5.65 Å². The van der Waals surface area contributed by atoms with Crippen LogP contribution in [-0.4, -0.2) is 14.4 Å². The molecule has 0 unspecified atom stereocenters. The quantitative estimate of drug-likeness (QED) is 0.836. The highest BCUT2D eigenvalue weighted by Crippen LogP contribution is 2.43. The minimum Gasteiger partial charge on any atom is -0.320 e. The lowest BCUT2D eigenvalue weighted by atomic mass is 10.2. The van der Waals surface area contributed by atoms with Crippen LogP contribution in [0.3, 0.4) is 0 Å². The molecule has 0 saturated heterocycles. The lowest BCUT2D eigenvalue weighted by Gasteiger charge is -2.08. The fraction of sp³-hybridized carbons (Fsp3) is 0.333. The van der Waals surface area contributed by atoms with Crippen LogP contribution in [0.15, 0.2) is 23.2 Å². The second-order valence-electron chi connectivity index (χ2n) is 3.71. The summed E-state index contributed by atoms with van der Waals surface area (Å²) in [6, 6.07) is 0. The van der Waals surface area contributed by atoms with Gasteiger partial charge in [0.2, 0.25) is 0 Å². The number of hydrogen-bond acceptors (Lipinski definition) is 3. The highest BCUT2D eigenvalue weighted by atomic mass is 79.9. The molecule has 3 rings (SSSR count). The van der Waals surface area contributed by atoms with Crippen LogP contribution in [-0.2, 0) is 5.54 Å². The predicted octanol–water partition coefficient (Wildman–Crippen LogP) is 1.44. The fourth-order valence-corrected chi connectivity index (χ4v) is 2.00. The van der Waals surface area contributed by atoms with Crippen LogP contribution in [0.5, 0.6) is 0 Å². The van der Waals surface area contributed by atoms with E-state index < -0.39 is 0 Å². The highest BCUT2D eigenvalue weighted by molar-refractivity contribution is 9.10. The Morgan fingerprint density at radius 2 is 2.21 bits per heavy atom. The van der Waals surface area contributed by atoms with Crippen LogP contribution in [0.2, 0.25) is 0 Å². The Bertz CT molecular complexity index is 500. The Morgan fingerprint density at radius 3 is 2.93 bits per heavy atom. The standard InChI is InChI=1S/C9H9BrN4/c10-6-5-13-8-7(9(11)1-2-9)12-3-4-14(6)8/h3-5H,1-2,11H2. The van der Waals surface area contributed by atoms with Gasteiger partial charge in [-0.1, -0.05) is 0 Å². The molecule has 14 heavy (non-hydrogen) atoms. The second kappa shape index (κ2) is 2.55. The Hall–Kier alpha value is -0.940. The molecule has 0 radical (unpaired) electrons. The number of nitrogens with two attached hydrogens (primary N) is 1. The first-order valence-electron chi connectivity index (χ1n) is 4.48. The van der Waals surface area contributed by atoms with Gasteiger partial charge in [0.15, 0.2) is 5.65 Å². The molecule has 5 heteroatoms. The van der Waals surface area contributed by atoms with Gasteiger partial charge in [-0.05, 0) is 28.8 Å². The zero-order valence-corrected chi connectivity index (χ0v) is 9.03. The van der Waals surface area contributed by atoms with Crippen molar-refractivity contribution in [2.75, 3.05) is 0 Å². The van der Waals surface area contributed by atoms with E-state index in [0.717, 1.165) is 28.8 Å². The molecule has 0 aromatic carbocycles. The van der Waals surface area contributed by atoms with E-state index in [2.05, 4.69) is 25.9 Å². The van der Waals surface area contributed by atoms with Crippen molar-refractivity contribution in [2.45, 2.75) is 18.4 Å². The van der Waals surface area contributed by atoms with Crippen LogP contribution >= 0.6 is 15.9 Å². The van der Waals surface area contributed by atoms with Gasteiger partial charge < -0.3 is 5.73 Å².